The number of hydrogen-bond acceptors (Lipinski definition) is 3. The lowest BCUT2D eigenvalue weighted by Crippen LogP contribution is -2.57. The van der Waals surface area contributed by atoms with E-state index in [-0.39, 0.29) is 17.9 Å². The Morgan fingerprint density at radius 1 is 1.00 bits per heavy atom. The number of aromatic nitrogens is 1. The molecule has 2 heterocycles. The van der Waals surface area contributed by atoms with Crippen molar-refractivity contribution in [2.75, 3.05) is 0 Å². The molecular weight excluding hydrogens is 452 g/mol. The van der Waals surface area contributed by atoms with E-state index in [1.807, 2.05) is 11.4 Å². The molecule has 0 aliphatic heterocycles. The van der Waals surface area contributed by atoms with E-state index in [1.165, 1.54) is 27.0 Å². The van der Waals surface area contributed by atoms with Gasteiger partial charge in [-0.25, -0.2) is 0 Å². The maximum Gasteiger partial charge on any atom is 0.254 e. The number of benzene rings is 2. The number of Topliss-reactive ketones (excluding diaryl/α,β-unsaturated/α-hetero) is 1. The maximum atomic E-state index is 13.3. The fourth-order valence-electron chi connectivity index (χ4n) is 6.15. The van der Waals surface area contributed by atoms with Gasteiger partial charge in [0, 0.05) is 30.1 Å². The van der Waals surface area contributed by atoms with Gasteiger partial charge in [0.25, 0.3) is 5.91 Å². The number of fused-ring (bicyclic) bond motifs is 1. The molecule has 4 aromatic rings. The SMILES string of the molecule is CC(=O)C1CC2(CC(NC(=O)c3csc4c(C)cn(Cc5ccc(-c6ccccc6)cc5)c34)C2)C1. The monoisotopic (exact) mass is 482 g/mol. The summed E-state index contributed by atoms with van der Waals surface area (Å²) in [5, 5.41) is 5.28. The van der Waals surface area contributed by atoms with Crippen LogP contribution in [0, 0.1) is 18.3 Å². The number of amides is 1. The molecule has 6 rings (SSSR count). The van der Waals surface area contributed by atoms with Crippen molar-refractivity contribution in [2.24, 2.45) is 11.3 Å². The molecule has 2 aromatic carbocycles. The smallest absolute Gasteiger partial charge is 0.254 e. The van der Waals surface area contributed by atoms with Gasteiger partial charge in [-0.1, -0.05) is 54.6 Å². The zero-order valence-electron chi connectivity index (χ0n) is 20.2. The summed E-state index contributed by atoms with van der Waals surface area (Å²) in [4.78, 5) is 24.8. The molecule has 2 fully saturated rings. The minimum Gasteiger partial charge on any atom is -0.349 e. The van der Waals surface area contributed by atoms with Crippen LogP contribution in [0.5, 0.6) is 0 Å². The first-order chi connectivity index (χ1) is 16.9. The minimum absolute atomic E-state index is 0.0253. The Hall–Kier alpha value is -3.18. The van der Waals surface area contributed by atoms with Crippen LogP contribution in [-0.2, 0) is 11.3 Å². The molecule has 2 aromatic heterocycles. The Bertz CT molecular complexity index is 1400. The summed E-state index contributed by atoms with van der Waals surface area (Å²) in [6, 6.07) is 19.3. The van der Waals surface area contributed by atoms with E-state index < -0.39 is 0 Å². The number of carbonyl (C=O) groups excluding carboxylic acids is 2. The van der Waals surface area contributed by atoms with Gasteiger partial charge in [0.15, 0.2) is 0 Å². The van der Waals surface area contributed by atoms with Crippen molar-refractivity contribution in [1.29, 1.82) is 0 Å². The fraction of sp³-hybridized carbons (Fsp3) is 0.333. The van der Waals surface area contributed by atoms with Crippen molar-refractivity contribution >= 4 is 33.2 Å². The number of carbonyl (C=O) groups is 2. The molecule has 0 atom stereocenters. The number of nitrogens with one attached hydrogen (secondary N) is 1. The van der Waals surface area contributed by atoms with Gasteiger partial charge in [0.05, 0.1) is 15.8 Å². The second-order valence-corrected chi connectivity index (χ2v) is 11.5. The molecule has 1 spiro atoms. The lowest BCUT2D eigenvalue weighted by Gasteiger charge is -2.57. The first-order valence-electron chi connectivity index (χ1n) is 12.4. The first-order valence-corrected chi connectivity index (χ1v) is 13.3. The van der Waals surface area contributed by atoms with Crippen LogP contribution in [-0.4, -0.2) is 22.3 Å². The van der Waals surface area contributed by atoms with Crippen molar-refractivity contribution in [3.63, 3.8) is 0 Å². The highest BCUT2D eigenvalue weighted by molar-refractivity contribution is 7.17. The first kappa shape index (κ1) is 22.3. The van der Waals surface area contributed by atoms with Crippen molar-refractivity contribution in [1.82, 2.24) is 9.88 Å². The second kappa shape index (κ2) is 8.49. The number of nitrogens with zero attached hydrogens (tertiary/aromatic N) is 1. The normalized spacial score (nSPS) is 23.1. The zero-order valence-corrected chi connectivity index (χ0v) is 21.0. The van der Waals surface area contributed by atoms with Gasteiger partial charge in [-0.2, -0.15) is 0 Å². The van der Waals surface area contributed by atoms with Crippen molar-refractivity contribution < 1.29 is 9.59 Å². The van der Waals surface area contributed by atoms with Crippen LogP contribution in [0.15, 0.2) is 66.2 Å². The summed E-state index contributed by atoms with van der Waals surface area (Å²) in [6.07, 6.45) is 6.18. The highest BCUT2D eigenvalue weighted by atomic mass is 32.1. The standard InChI is InChI=1S/C30H30N2O2S/c1-19-16-32(17-21-8-10-23(11-9-21)22-6-4-3-5-7-22)27-26(18-35-28(19)27)29(34)31-25-14-30(15-25)12-24(13-30)20(2)33/h3-11,16,18,24-25H,12-15,17H2,1-2H3,(H,31,34). The molecule has 2 saturated carbocycles. The Balaban J connectivity index is 1.17. The topological polar surface area (TPSA) is 51.1 Å². The highest BCUT2D eigenvalue weighted by Gasteiger charge is 2.54. The predicted octanol–water partition coefficient (Wildman–Crippen LogP) is 6.60. The Morgan fingerprint density at radius 2 is 1.69 bits per heavy atom. The summed E-state index contributed by atoms with van der Waals surface area (Å²) in [7, 11) is 0. The third-order valence-corrected chi connectivity index (χ3v) is 9.15. The average molecular weight is 483 g/mol. The maximum absolute atomic E-state index is 13.3. The molecule has 2 aliphatic carbocycles. The van der Waals surface area contributed by atoms with Crippen LogP contribution in [0.1, 0.15) is 54.1 Å². The summed E-state index contributed by atoms with van der Waals surface area (Å²) >= 11 is 1.65. The second-order valence-electron chi connectivity index (χ2n) is 10.6. The van der Waals surface area contributed by atoms with Crippen LogP contribution in [0.2, 0.25) is 0 Å². The molecule has 35 heavy (non-hydrogen) atoms. The zero-order chi connectivity index (χ0) is 24.2. The van der Waals surface area contributed by atoms with Gasteiger partial charge in [0.2, 0.25) is 0 Å². The molecule has 1 amide bonds. The summed E-state index contributed by atoms with van der Waals surface area (Å²) in [6.45, 7) is 4.55. The van der Waals surface area contributed by atoms with Crippen LogP contribution in [0.3, 0.4) is 0 Å². The molecule has 0 bridgehead atoms. The van der Waals surface area contributed by atoms with Crippen LogP contribution in [0.4, 0.5) is 0 Å². The third kappa shape index (κ3) is 4.02. The summed E-state index contributed by atoms with van der Waals surface area (Å²) in [5.74, 6) is 0.586. The lowest BCUT2D eigenvalue weighted by atomic mass is 9.49. The number of hydrogen-bond donors (Lipinski definition) is 1. The Morgan fingerprint density at radius 3 is 2.37 bits per heavy atom. The molecule has 1 N–H and O–H groups in total. The van der Waals surface area contributed by atoms with Gasteiger partial charge < -0.3 is 9.88 Å². The lowest BCUT2D eigenvalue weighted by molar-refractivity contribution is -0.134. The molecule has 5 heteroatoms. The molecule has 178 valence electrons. The van der Waals surface area contributed by atoms with Crippen LogP contribution < -0.4 is 5.32 Å². The molecule has 0 unspecified atom stereocenters. The van der Waals surface area contributed by atoms with Crippen molar-refractivity contribution in [3.05, 3.63) is 82.9 Å². The molecule has 0 radical (unpaired) electrons. The number of rotatable bonds is 6. The van der Waals surface area contributed by atoms with Crippen LogP contribution in [0.25, 0.3) is 21.3 Å². The molecule has 4 nitrogen and oxygen atoms in total. The molecular formula is C30H30N2O2S. The van der Waals surface area contributed by atoms with Gasteiger partial charge in [-0.3, -0.25) is 9.59 Å². The van der Waals surface area contributed by atoms with E-state index in [9.17, 15) is 9.59 Å². The largest absolute Gasteiger partial charge is 0.349 e. The Kier molecular flexibility index (Phi) is 5.41. The Labute approximate surface area is 210 Å². The van der Waals surface area contributed by atoms with Gasteiger partial charge in [-0.05, 0) is 67.2 Å². The third-order valence-electron chi connectivity index (χ3n) is 8.05. The van der Waals surface area contributed by atoms with Gasteiger partial charge in [-0.15, -0.1) is 11.3 Å². The van der Waals surface area contributed by atoms with Gasteiger partial charge in [0.1, 0.15) is 5.78 Å². The van der Waals surface area contributed by atoms with E-state index in [2.05, 4.69) is 71.5 Å². The summed E-state index contributed by atoms with van der Waals surface area (Å²) < 4.78 is 3.41. The van der Waals surface area contributed by atoms with Crippen LogP contribution >= 0.6 is 11.3 Å². The fourth-order valence-corrected chi connectivity index (χ4v) is 7.18. The number of aryl methyl sites for hydroxylation is 1. The summed E-state index contributed by atoms with van der Waals surface area (Å²) in [5.41, 5.74) is 6.95. The minimum atomic E-state index is 0.0253. The highest BCUT2D eigenvalue weighted by Crippen LogP contribution is 2.58. The number of ketones is 1. The van der Waals surface area contributed by atoms with Crippen molar-refractivity contribution in [3.8, 4) is 11.1 Å². The van der Waals surface area contributed by atoms with E-state index >= 15 is 0 Å². The van der Waals surface area contributed by atoms with Crippen molar-refractivity contribution in [2.45, 2.75) is 52.1 Å². The number of thiophene rings is 1. The van der Waals surface area contributed by atoms with E-state index in [0.29, 0.717) is 11.2 Å². The predicted molar refractivity (Wildman–Crippen MR) is 142 cm³/mol. The molecule has 2 aliphatic rings. The quantitative estimate of drug-likeness (QED) is 0.336. The van der Waals surface area contributed by atoms with E-state index in [0.717, 1.165) is 43.3 Å². The van der Waals surface area contributed by atoms with E-state index in [4.69, 9.17) is 0 Å². The average Bonchev–Trinajstić information content (AvgIpc) is 3.37. The van der Waals surface area contributed by atoms with E-state index in [1.54, 1.807) is 18.3 Å². The molecule has 0 saturated heterocycles. The van der Waals surface area contributed by atoms with Gasteiger partial charge >= 0.3 is 0 Å².